The lowest BCUT2D eigenvalue weighted by Gasteiger charge is -1.96. The minimum absolute atomic E-state index is 0.145. The lowest BCUT2D eigenvalue weighted by molar-refractivity contribution is 0.0963. The molecule has 15 heavy (non-hydrogen) atoms. The molecule has 1 amide bonds. The van der Waals surface area contributed by atoms with E-state index in [4.69, 9.17) is 0 Å². The average molecular weight is 222 g/mol. The lowest BCUT2D eigenvalue weighted by Crippen LogP contribution is -2.17. The molecule has 0 aromatic carbocycles. The van der Waals surface area contributed by atoms with E-state index in [1.165, 1.54) is 11.3 Å². The molecule has 0 atom stereocenters. The van der Waals surface area contributed by atoms with E-state index in [-0.39, 0.29) is 5.91 Å². The number of aromatic nitrogens is 3. The van der Waals surface area contributed by atoms with Gasteiger partial charge in [0.1, 0.15) is 10.7 Å². The molecule has 0 aliphatic rings. The van der Waals surface area contributed by atoms with Crippen LogP contribution >= 0.6 is 11.3 Å². The molecule has 6 heteroatoms. The van der Waals surface area contributed by atoms with Crippen molar-refractivity contribution in [3.8, 4) is 10.7 Å². The summed E-state index contributed by atoms with van der Waals surface area (Å²) in [5.41, 5.74) is 1.18. The Morgan fingerprint density at radius 3 is 3.00 bits per heavy atom. The van der Waals surface area contributed by atoms with Crippen molar-refractivity contribution in [3.05, 3.63) is 23.3 Å². The Hall–Kier alpha value is -1.69. The van der Waals surface area contributed by atoms with Crippen LogP contribution in [0.2, 0.25) is 0 Å². The highest BCUT2D eigenvalue weighted by Gasteiger charge is 2.17. The second kappa shape index (κ2) is 3.82. The van der Waals surface area contributed by atoms with Gasteiger partial charge in [-0.3, -0.25) is 9.48 Å². The van der Waals surface area contributed by atoms with E-state index in [1.807, 2.05) is 5.38 Å². The smallest absolute Gasteiger partial charge is 0.254 e. The molecule has 0 spiro atoms. The van der Waals surface area contributed by atoms with Gasteiger partial charge in [-0.25, -0.2) is 4.98 Å². The van der Waals surface area contributed by atoms with Crippen LogP contribution < -0.4 is 5.32 Å². The third-order valence-electron chi connectivity index (χ3n) is 1.94. The maximum absolute atomic E-state index is 11.6. The summed E-state index contributed by atoms with van der Waals surface area (Å²) < 4.78 is 1.61. The van der Waals surface area contributed by atoms with E-state index in [0.29, 0.717) is 11.3 Å². The van der Waals surface area contributed by atoms with Gasteiger partial charge in [0, 0.05) is 31.9 Å². The van der Waals surface area contributed by atoms with Gasteiger partial charge in [0.25, 0.3) is 5.91 Å². The van der Waals surface area contributed by atoms with Crippen molar-refractivity contribution in [2.24, 2.45) is 7.05 Å². The maximum Gasteiger partial charge on any atom is 0.254 e. The van der Waals surface area contributed by atoms with Crippen LogP contribution in [0.3, 0.4) is 0 Å². The molecule has 5 nitrogen and oxygen atoms in total. The van der Waals surface area contributed by atoms with Crippen LogP contribution in [-0.2, 0) is 7.05 Å². The Morgan fingerprint density at radius 2 is 2.40 bits per heavy atom. The van der Waals surface area contributed by atoms with E-state index in [0.717, 1.165) is 5.01 Å². The van der Waals surface area contributed by atoms with Crippen LogP contribution in [0.4, 0.5) is 0 Å². The molecular formula is C9H10N4OS. The number of hydrogen-bond donors (Lipinski definition) is 1. The van der Waals surface area contributed by atoms with Crippen molar-refractivity contribution < 1.29 is 4.79 Å². The zero-order valence-corrected chi connectivity index (χ0v) is 9.21. The number of hydrogen-bond acceptors (Lipinski definition) is 4. The average Bonchev–Trinajstić information content (AvgIpc) is 2.84. The SMILES string of the molecule is CNC(=O)c1cn(C)nc1-c1nccs1. The lowest BCUT2D eigenvalue weighted by atomic mass is 10.2. The molecular weight excluding hydrogens is 212 g/mol. The molecule has 78 valence electrons. The Balaban J connectivity index is 2.52. The number of carbonyl (C=O) groups is 1. The van der Waals surface area contributed by atoms with Gasteiger partial charge >= 0.3 is 0 Å². The summed E-state index contributed by atoms with van der Waals surface area (Å²) in [4.78, 5) is 15.7. The topological polar surface area (TPSA) is 59.8 Å². The Bertz CT molecular complexity index is 474. The van der Waals surface area contributed by atoms with Crippen molar-refractivity contribution in [2.45, 2.75) is 0 Å². The van der Waals surface area contributed by atoms with Gasteiger partial charge in [0.15, 0.2) is 0 Å². The highest BCUT2D eigenvalue weighted by molar-refractivity contribution is 7.13. The summed E-state index contributed by atoms with van der Waals surface area (Å²) in [6.07, 6.45) is 3.39. The normalized spacial score (nSPS) is 10.3. The van der Waals surface area contributed by atoms with Crippen LogP contribution in [0, 0.1) is 0 Å². The highest BCUT2D eigenvalue weighted by Crippen LogP contribution is 2.23. The van der Waals surface area contributed by atoms with Crippen LogP contribution in [0.15, 0.2) is 17.8 Å². The standard InChI is InChI=1S/C9H10N4OS/c1-10-8(14)6-5-13(2)12-7(6)9-11-3-4-15-9/h3-5H,1-2H3,(H,10,14). The minimum Gasteiger partial charge on any atom is -0.355 e. The molecule has 0 saturated heterocycles. The van der Waals surface area contributed by atoms with E-state index in [9.17, 15) is 4.79 Å². The molecule has 0 fully saturated rings. The summed E-state index contributed by atoms with van der Waals surface area (Å²) >= 11 is 1.46. The molecule has 0 unspecified atom stereocenters. The van der Waals surface area contributed by atoms with E-state index >= 15 is 0 Å². The van der Waals surface area contributed by atoms with E-state index < -0.39 is 0 Å². The first-order valence-electron chi connectivity index (χ1n) is 4.38. The predicted molar refractivity (Wildman–Crippen MR) is 57.7 cm³/mol. The van der Waals surface area contributed by atoms with Crippen molar-refractivity contribution in [1.82, 2.24) is 20.1 Å². The number of carbonyl (C=O) groups excluding carboxylic acids is 1. The monoisotopic (exact) mass is 222 g/mol. The van der Waals surface area contributed by atoms with Gasteiger partial charge in [0.2, 0.25) is 0 Å². The summed E-state index contributed by atoms with van der Waals surface area (Å²) in [6.45, 7) is 0. The first-order chi connectivity index (χ1) is 7.22. The molecule has 0 bridgehead atoms. The molecule has 2 heterocycles. The van der Waals surface area contributed by atoms with Gasteiger partial charge in [-0.05, 0) is 0 Å². The summed E-state index contributed by atoms with van der Waals surface area (Å²) in [5.74, 6) is -0.145. The van der Waals surface area contributed by atoms with Crippen LogP contribution in [0.25, 0.3) is 10.7 Å². The van der Waals surface area contributed by atoms with E-state index in [2.05, 4.69) is 15.4 Å². The van der Waals surface area contributed by atoms with Crippen molar-refractivity contribution in [1.29, 1.82) is 0 Å². The minimum atomic E-state index is -0.145. The molecule has 0 saturated carbocycles. The first kappa shape index (κ1) is 9.85. The number of thiazole rings is 1. The van der Waals surface area contributed by atoms with Crippen molar-refractivity contribution >= 4 is 17.2 Å². The Morgan fingerprint density at radius 1 is 1.60 bits per heavy atom. The fraction of sp³-hybridized carbons (Fsp3) is 0.222. The highest BCUT2D eigenvalue weighted by atomic mass is 32.1. The molecule has 2 rings (SSSR count). The number of nitrogens with zero attached hydrogens (tertiary/aromatic N) is 3. The van der Waals surface area contributed by atoms with Crippen LogP contribution in [0.5, 0.6) is 0 Å². The Labute approximate surface area is 90.8 Å². The maximum atomic E-state index is 11.6. The van der Waals surface area contributed by atoms with Gasteiger partial charge in [-0.15, -0.1) is 11.3 Å². The van der Waals surface area contributed by atoms with Crippen LogP contribution in [0.1, 0.15) is 10.4 Å². The first-order valence-corrected chi connectivity index (χ1v) is 5.26. The number of nitrogens with one attached hydrogen (secondary N) is 1. The predicted octanol–water partition coefficient (Wildman–Crippen LogP) is 0.903. The molecule has 0 aliphatic carbocycles. The molecule has 1 N–H and O–H groups in total. The Kier molecular flexibility index (Phi) is 2.51. The zero-order valence-electron chi connectivity index (χ0n) is 8.39. The number of aryl methyl sites for hydroxylation is 1. The van der Waals surface area contributed by atoms with E-state index in [1.54, 1.807) is 31.2 Å². The summed E-state index contributed by atoms with van der Waals surface area (Å²) in [5, 5.41) is 9.42. The van der Waals surface area contributed by atoms with Crippen molar-refractivity contribution in [2.75, 3.05) is 7.05 Å². The largest absolute Gasteiger partial charge is 0.355 e. The quantitative estimate of drug-likeness (QED) is 0.821. The van der Waals surface area contributed by atoms with Gasteiger partial charge in [0.05, 0.1) is 5.56 Å². The second-order valence-corrected chi connectivity index (χ2v) is 3.88. The molecule has 0 radical (unpaired) electrons. The third kappa shape index (κ3) is 1.75. The fourth-order valence-corrected chi connectivity index (χ4v) is 1.92. The molecule has 2 aromatic heterocycles. The van der Waals surface area contributed by atoms with Crippen LogP contribution in [-0.4, -0.2) is 27.7 Å². The third-order valence-corrected chi connectivity index (χ3v) is 2.72. The van der Waals surface area contributed by atoms with Crippen molar-refractivity contribution in [3.63, 3.8) is 0 Å². The summed E-state index contributed by atoms with van der Waals surface area (Å²) in [7, 11) is 3.38. The number of rotatable bonds is 2. The molecule has 0 aliphatic heterocycles. The fourth-order valence-electron chi connectivity index (χ4n) is 1.29. The van der Waals surface area contributed by atoms with Gasteiger partial charge < -0.3 is 5.32 Å². The van der Waals surface area contributed by atoms with Gasteiger partial charge in [-0.2, -0.15) is 5.10 Å². The zero-order chi connectivity index (χ0) is 10.8. The summed E-state index contributed by atoms with van der Waals surface area (Å²) in [6, 6.07) is 0. The number of amides is 1. The molecule has 2 aromatic rings. The van der Waals surface area contributed by atoms with Gasteiger partial charge in [-0.1, -0.05) is 0 Å². The second-order valence-electron chi connectivity index (χ2n) is 2.98.